The number of carboxylic acids is 2. The molecule has 1 rings (SSSR count). The maximum atomic E-state index is 9.85. The molecule has 0 saturated carbocycles. The van der Waals surface area contributed by atoms with Crippen molar-refractivity contribution in [1.29, 1.82) is 0 Å². The van der Waals surface area contributed by atoms with Gasteiger partial charge in [0.2, 0.25) is 0 Å². The van der Waals surface area contributed by atoms with E-state index in [0.717, 1.165) is 0 Å². The average molecular weight is 257 g/mol. The van der Waals surface area contributed by atoms with E-state index < -0.39 is 24.4 Å². The summed E-state index contributed by atoms with van der Waals surface area (Å²) in [6.07, 6.45) is -0.532. The molecule has 0 spiro atoms. The Labute approximate surface area is 103 Å². The highest BCUT2D eigenvalue weighted by molar-refractivity contribution is 5.80. The number of hydrogen-bond donors (Lipinski definition) is 4. The number of carboxylic acid groups (broad SMARTS) is 2. The van der Waals surface area contributed by atoms with Crippen molar-refractivity contribution in [2.24, 2.45) is 5.73 Å². The monoisotopic (exact) mass is 257 g/mol. The Balaban J connectivity index is 0.000000321. The molecule has 0 amide bonds. The maximum absolute atomic E-state index is 9.85. The smallest absolute Gasteiger partial charge is 0.321 e. The predicted molar refractivity (Wildman–Crippen MR) is 62.5 cm³/mol. The minimum absolute atomic E-state index is 0.181. The van der Waals surface area contributed by atoms with Gasteiger partial charge in [-0.15, -0.1) is 0 Å². The summed E-state index contributed by atoms with van der Waals surface area (Å²) in [5.74, 6) is -1.81. The van der Waals surface area contributed by atoms with E-state index in [1.165, 1.54) is 7.11 Å². The van der Waals surface area contributed by atoms with Crippen LogP contribution in [0.4, 0.5) is 0 Å². The summed E-state index contributed by atoms with van der Waals surface area (Å²) in [5, 5.41) is 25.0. The highest BCUT2D eigenvalue weighted by Gasteiger charge is 2.14. The van der Waals surface area contributed by atoms with E-state index in [0.29, 0.717) is 5.75 Å². The molecular formula is C11H15NO6. The van der Waals surface area contributed by atoms with Gasteiger partial charge in [-0.2, -0.15) is 0 Å². The van der Waals surface area contributed by atoms with Gasteiger partial charge in [0.1, 0.15) is 6.04 Å². The summed E-state index contributed by atoms with van der Waals surface area (Å²) in [5.41, 5.74) is 4.84. The number of methoxy groups -OCH3 is 1. The topological polar surface area (TPSA) is 130 Å². The molecule has 5 N–H and O–H groups in total. The number of ether oxygens (including phenoxy) is 1. The number of hydrogen-bond acceptors (Lipinski definition) is 5. The van der Waals surface area contributed by atoms with Crippen molar-refractivity contribution in [2.75, 3.05) is 7.11 Å². The van der Waals surface area contributed by atoms with Gasteiger partial charge in [-0.25, -0.2) is 0 Å². The van der Waals surface area contributed by atoms with Crippen molar-refractivity contribution in [3.8, 4) is 11.5 Å². The molecule has 1 atom stereocenters. The number of benzene rings is 1. The van der Waals surface area contributed by atoms with Gasteiger partial charge in [0.05, 0.1) is 13.5 Å². The number of rotatable bonds is 4. The largest absolute Gasteiger partial charge is 0.504 e. The van der Waals surface area contributed by atoms with Crippen molar-refractivity contribution in [1.82, 2.24) is 0 Å². The summed E-state index contributed by atoms with van der Waals surface area (Å²) < 4.78 is 4.79. The van der Waals surface area contributed by atoms with Crippen LogP contribution in [0.5, 0.6) is 11.5 Å². The lowest BCUT2D eigenvalue weighted by Crippen LogP contribution is -2.32. The van der Waals surface area contributed by atoms with E-state index in [1.54, 1.807) is 24.3 Å². The lowest BCUT2D eigenvalue weighted by atomic mass is 10.2. The van der Waals surface area contributed by atoms with Crippen molar-refractivity contribution < 1.29 is 29.6 Å². The van der Waals surface area contributed by atoms with Gasteiger partial charge in [-0.05, 0) is 12.1 Å². The van der Waals surface area contributed by atoms with Gasteiger partial charge in [0.25, 0.3) is 0 Å². The lowest BCUT2D eigenvalue weighted by Gasteiger charge is -1.99. The van der Waals surface area contributed by atoms with E-state index >= 15 is 0 Å². The number of phenols is 1. The fraction of sp³-hybridized carbons (Fsp3) is 0.273. The molecule has 0 aliphatic carbocycles. The minimum atomic E-state index is -1.29. The third-order valence-corrected chi connectivity index (χ3v) is 1.80. The molecule has 0 fully saturated rings. The Hall–Kier alpha value is -2.28. The van der Waals surface area contributed by atoms with E-state index in [9.17, 15) is 9.59 Å². The quantitative estimate of drug-likeness (QED) is 0.609. The first-order valence-corrected chi connectivity index (χ1v) is 4.90. The predicted octanol–water partition coefficient (Wildman–Crippen LogP) is 0.274. The van der Waals surface area contributed by atoms with Gasteiger partial charge >= 0.3 is 11.9 Å². The fourth-order valence-corrected chi connectivity index (χ4v) is 0.905. The zero-order valence-corrected chi connectivity index (χ0v) is 9.74. The number of carbonyl (C=O) groups is 2. The first-order chi connectivity index (χ1) is 8.38. The molecule has 0 bridgehead atoms. The van der Waals surface area contributed by atoms with Crippen LogP contribution < -0.4 is 10.5 Å². The average Bonchev–Trinajstić information content (AvgIpc) is 2.29. The zero-order chi connectivity index (χ0) is 14.1. The molecule has 0 heterocycles. The Kier molecular flexibility index (Phi) is 6.91. The van der Waals surface area contributed by atoms with Gasteiger partial charge in [0, 0.05) is 0 Å². The van der Waals surface area contributed by atoms with E-state index in [1.807, 2.05) is 0 Å². The Morgan fingerprint density at radius 1 is 1.33 bits per heavy atom. The van der Waals surface area contributed by atoms with Crippen LogP contribution in [0.1, 0.15) is 6.42 Å². The van der Waals surface area contributed by atoms with E-state index in [2.05, 4.69) is 0 Å². The van der Waals surface area contributed by atoms with Crippen molar-refractivity contribution >= 4 is 11.9 Å². The molecular weight excluding hydrogens is 242 g/mol. The second kappa shape index (κ2) is 7.91. The number of nitrogens with two attached hydrogens (primary N) is 1. The van der Waals surface area contributed by atoms with Crippen LogP contribution in [0.25, 0.3) is 0 Å². The van der Waals surface area contributed by atoms with Gasteiger partial charge in [-0.1, -0.05) is 12.1 Å². The standard InChI is InChI=1S/C7H8O2.C4H7NO4/c1-9-7-5-3-2-4-6(7)8;5-2(4(8)9)1-3(6)7/h2-5,8H,1H3;2H,1,5H2,(H,6,7)(H,8,9). The van der Waals surface area contributed by atoms with E-state index in [4.69, 9.17) is 25.8 Å². The molecule has 18 heavy (non-hydrogen) atoms. The third kappa shape index (κ3) is 6.33. The number of para-hydroxylation sites is 2. The summed E-state index contributed by atoms with van der Waals surface area (Å²) in [7, 11) is 1.52. The Bertz CT molecular complexity index is 406. The second-order valence-electron chi connectivity index (χ2n) is 3.21. The molecule has 1 unspecified atom stereocenters. The van der Waals surface area contributed by atoms with Gasteiger partial charge in [0.15, 0.2) is 11.5 Å². The Morgan fingerprint density at radius 2 is 1.89 bits per heavy atom. The number of phenolic OH excluding ortho intramolecular Hbond substituents is 1. The molecule has 0 saturated heterocycles. The van der Waals surface area contributed by atoms with E-state index in [-0.39, 0.29) is 5.75 Å². The van der Waals surface area contributed by atoms with Crippen molar-refractivity contribution in [3.63, 3.8) is 0 Å². The Morgan fingerprint density at radius 3 is 2.17 bits per heavy atom. The molecule has 7 nitrogen and oxygen atoms in total. The summed E-state index contributed by atoms with van der Waals surface area (Å²) in [4.78, 5) is 19.6. The third-order valence-electron chi connectivity index (χ3n) is 1.80. The van der Waals surface area contributed by atoms with Crippen LogP contribution >= 0.6 is 0 Å². The summed E-state index contributed by atoms with van der Waals surface area (Å²) in [6.45, 7) is 0. The van der Waals surface area contributed by atoms with Crippen LogP contribution in [-0.4, -0.2) is 40.4 Å². The fourth-order valence-electron chi connectivity index (χ4n) is 0.905. The second-order valence-corrected chi connectivity index (χ2v) is 3.21. The zero-order valence-electron chi connectivity index (χ0n) is 9.74. The minimum Gasteiger partial charge on any atom is -0.504 e. The van der Waals surface area contributed by atoms with Crippen LogP contribution in [0.15, 0.2) is 24.3 Å². The van der Waals surface area contributed by atoms with Crippen LogP contribution in [0.3, 0.4) is 0 Å². The van der Waals surface area contributed by atoms with Crippen LogP contribution in [-0.2, 0) is 9.59 Å². The van der Waals surface area contributed by atoms with Crippen molar-refractivity contribution in [2.45, 2.75) is 12.5 Å². The first kappa shape index (κ1) is 15.7. The molecule has 100 valence electrons. The molecule has 7 heteroatoms. The molecule has 0 aliphatic rings. The van der Waals surface area contributed by atoms with Crippen LogP contribution in [0.2, 0.25) is 0 Å². The molecule has 0 aromatic heterocycles. The van der Waals surface area contributed by atoms with Crippen molar-refractivity contribution in [3.05, 3.63) is 24.3 Å². The molecule has 0 radical (unpaired) electrons. The summed E-state index contributed by atoms with van der Waals surface area (Å²) in [6, 6.07) is 5.55. The molecule has 0 aliphatic heterocycles. The highest BCUT2D eigenvalue weighted by atomic mass is 16.5. The number of aromatic hydroxyl groups is 1. The van der Waals surface area contributed by atoms with Gasteiger partial charge in [-0.3, -0.25) is 9.59 Å². The normalized spacial score (nSPS) is 10.8. The maximum Gasteiger partial charge on any atom is 0.321 e. The lowest BCUT2D eigenvalue weighted by molar-refractivity contribution is -0.144. The SMILES string of the molecule is COc1ccccc1O.NC(CC(=O)O)C(=O)O. The summed E-state index contributed by atoms with van der Waals surface area (Å²) >= 11 is 0. The molecule has 1 aromatic carbocycles. The number of aliphatic carboxylic acids is 2. The first-order valence-electron chi connectivity index (χ1n) is 4.90. The highest BCUT2D eigenvalue weighted by Crippen LogP contribution is 2.22. The van der Waals surface area contributed by atoms with Gasteiger partial charge < -0.3 is 25.8 Å². The molecule has 1 aromatic rings. The van der Waals surface area contributed by atoms with Crippen LogP contribution in [0, 0.1) is 0 Å².